The minimum absolute atomic E-state index is 0.355. The molecule has 0 radical (unpaired) electrons. The maximum absolute atomic E-state index is 13.3. The van der Waals surface area contributed by atoms with Crippen LogP contribution in [0.5, 0.6) is 0 Å². The predicted molar refractivity (Wildman–Crippen MR) is 101 cm³/mol. The van der Waals surface area contributed by atoms with E-state index in [1.54, 1.807) is 12.1 Å². The van der Waals surface area contributed by atoms with Crippen molar-refractivity contribution in [1.82, 2.24) is 9.97 Å². The summed E-state index contributed by atoms with van der Waals surface area (Å²) < 4.78 is 26.7. The van der Waals surface area contributed by atoms with Gasteiger partial charge in [0, 0.05) is 6.54 Å². The predicted octanol–water partition coefficient (Wildman–Crippen LogP) is 5.36. The van der Waals surface area contributed by atoms with Gasteiger partial charge >= 0.3 is 0 Å². The van der Waals surface area contributed by atoms with Gasteiger partial charge in [0.15, 0.2) is 0 Å². The van der Waals surface area contributed by atoms with Crippen molar-refractivity contribution in [1.29, 1.82) is 0 Å². The van der Waals surface area contributed by atoms with Crippen molar-refractivity contribution < 1.29 is 8.78 Å². The third-order valence-corrected chi connectivity index (χ3v) is 7.08. The number of nitrogens with zero attached hydrogens (tertiary/aromatic N) is 3. The Kier molecular flexibility index (Phi) is 4.33. The van der Waals surface area contributed by atoms with E-state index in [2.05, 4.69) is 9.97 Å². The van der Waals surface area contributed by atoms with Crippen LogP contribution < -0.4 is 4.90 Å². The van der Waals surface area contributed by atoms with Crippen LogP contribution in [0.3, 0.4) is 0 Å². The lowest BCUT2D eigenvalue weighted by Crippen LogP contribution is -2.45. The number of pyridine rings is 2. The summed E-state index contributed by atoms with van der Waals surface area (Å²) in [5, 5.41) is 0. The number of anilines is 2. The molecule has 2 aromatic heterocycles. The summed E-state index contributed by atoms with van der Waals surface area (Å²) in [6, 6.07) is 6.19. The molecule has 4 bridgehead atoms. The standard InChI is InChI=1S/C22H25F2N3/c23-18-1-3-21(25-12-18)27(22-4-2-19(24)13-26-22)6-5-20-16-8-14-7-15(10-16)11-17(20)9-14/h1-4,12-17,20H,5-11H2. The maximum Gasteiger partial charge on any atom is 0.141 e. The molecule has 6 rings (SSSR count). The fraction of sp³-hybridized carbons (Fsp3) is 0.545. The Labute approximate surface area is 158 Å². The van der Waals surface area contributed by atoms with E-state index < -0.39 is 0 Å². The highest BCUT2D eigenvalue weighted by molar-refractivity contribution is 5.55. The first-order chi connectivity index (χ1) is 13.2. The van der Waals surface area contributed by atoms with Crippen molar-refractivity contribution in [2.75, 3.05) is 11.4 Å². The van der Waals surface area contributed by atoms with Crippen molar-refractivity contribution in [3.63, 3.8) is 0 Å². The van der Waals surface area contributed by atoms with Gasteiger partial charge in [0.05, 0.1) is 12.4 Å². The first kappa shape index (κ1) is 17.1. The van der Waals surface area contributed by atoms with E-state index in [1.807, 2.05) is 4.90 Å². The topological polar surface area (TPSA) is 29.0 Å². The summed E-state index contributed by atoms with van der Waals surface area (Å²) in [6.07, 6.45) is 10.6. The first-order valence-corrected chi connectivity index (χ1v) is 10.2. The highest BCUT2D eigenvalue weighted by Crippen LogP contribution is 2.57. The lowest BCUT2D eigenvalue weighted by atomic mass is 9.51. The molecule has 0 spiro atoms. The fourth-order valence-electron chi connectivity index (χ4n) is 6.19. The van der Waals surface area contributed by atoms with E-state index in [1.165, 1.54) is 56.6 Å². The number of halogens is 2. The molecule has 0 aliphatic heterocycles. The Morgan fingerprint density at radius 2 is 1.30 bits per heavy atom. The summed E-state index contributed by atoms with van der Waals surface area (Å²) >= 11 is 0. The zero-order chi connectivity index (χ0) is 18.4. The molecule has 27 heavy (non-hydrogen) atoms. The van der Waals surface area contributed by atoms with Crippen LogP contribution in [0.25, 0.3) is 0 Å². The fourth-order valence-corrected chi connectivity index (χ4v) is 6.19. The molecule has 3 nitrogen and oxygen atoms in total. The largest absolute Gasteiger partial charge is 0.311 e. The second-order valence-corrected chi connectivity index (χ2v) is 8.70. The Morgan fingerprint density at radius 3 is 1.74 bits per heavy atom. The maximum atomic E-state index is 13.3. The minimum Gasteiger partial charge on any atom is -0.311 e. The SMILES string of the molecule is Fc1ccc(N(CCC2C3CC4CC(C3)CC2C4)c2ccc(F)cn2)nc1. The molecule has 5 heteroatoms. The third-order valence-electron chi connectivity index (χ3n) is 7.08. The van der Waals surface area contributed by atoms with Crippen LogP contribution in [-0.2, 0) is 0 Å². The second kappa shape index (κ2) is 6.84. The molecule has 0 amide bonds. The molecule has 0 unspecified atom stereocenters. The quantitative estimate of drug-likeness (QED) is 0.711. The van der Waals surface area contributed by atoms with Gasteiger partial charge in [-0.25, -0.2) is 18.7 Å². The average molecular weight is 369 g/mol. The van der Waals surface area contributed by atoms with Crippen LogP contribution in [0, 0.1) is 41.2 Å². The van der Waals surface area contributed by atoms with Gasteiger partial charge in [-0.2, -0.15) is 0 Å². The van der Waals surface area contributed by atoms with Gasteiger partial charge < -0.3 is 4.90 Å². The lowest BCUT2D eigenvalue weighted by Gasteiger charge is -2.54. The van der Waals surface area contributed by atoms with Gasteiger partial charge in [0.1, 0.15) is 23.3 Å². The Morgan fingerprint density at radius 1 is 0.778 bits per heavy atom. The van der Waals surface area contributed by atoms with Gasteiger partial charge in [0.2, 0.25) is 0 Å². The Balaban J connectivity index is 1.36. The number of hydrogen-bond donors (Lipinski definition) is 0. The molecular weight excluding hydrogens is 344 g/mol. The summed E-state index contributed by atoms with van der Waals surface area (Å²) in [7, 11) is 0. The van der Waals surface area contributed by atoms with E-state index in [4.69, 9.17) is 0 Å². The molecule has 2 heterocycles. The smallest absolute Gasteiger partial charge is 0.141 e. The summed E-state index contributed by atoms with van der Waals surface area (Å²) in [6.45, 7) is 0.782. The van der Waals surface area contributed by atoms with E-state index >= 15 is 0 Å². The van der Waals surface area contributed by atoms with Crippen molar-refractivity contribution in [3.8, 4) is 0 Å². The molecule has 4 fully saturated rings. The molecule has 0 N–H and O–H groups in total. The molecule has 4 saturated carbocycles. The lowest BCUT2D eigenvalue weighted by molar-refractivity contribution is -0.0385. The minimum atomic E-state index is -0.355. The van der Waals surface area contributed by atoms with Crippen molar-refractivity contribution in [3.05, 3.63) is 48.3 Å². The molecular formula is C22H25F2N3. The second-order valence-electron chi connectivity index (χ2n) is 8.70. The van der Waals surface area contributed by atoms with Crippen molar-refractivity contribution in [2.45, 2.75) is 38.5 Å². The zero-order valence-corrected chi connectivity index (χ0v) is 15.4. The molecule has 4 aliphatic rings. The van der Waals surface area contributed by atoms with Crippen LogP contribution in [0.1, 0.15) is 38.5 Å². The molecule has 0 saturated heterocycles. The number of aromatic nitrogens is 2. The summed E-state index contributed by atoms with van der Waals surface area (Å²) in [5.74, 6) is 5.06. The van der Waals surface area contributed by atoms with Gasteiger partial charge in [-0.15, -0.1) is 0 Å². The molecule has 0 aromatic carbocycles. The van der Waals surface area contributed by atoms with Crippen LogP contribution >= 0.6 is 0 Å². The van der Waals surface area contributed by atoms with Crippen molar-refractivity contribution in [2.24, 2.45) is 29.6 Å². The van der Waals surface area contributed by atoms with E-state index in [-0.39, 0.29) is 11.6 Å². The monoisotopic (exact) mass is 369 g/mol. The van der Waals surface area contributed by atoms with Crippen LogP contribution in [0.2, 0.25) is 0 Å². The number of hydrogen-bond acceptors (Lipinski definition) is 3. The van der Waals surface area contributed by atoms with E-state index in [9.17, 15) is 8.78 Å². The molecule has 0 atom stereocenters. The highest BCUT2D eigenvalue weighted by Gasteiger charge is 2.47. The Bertz CT molecular complexity index is 717. The molecule has 142 valence electrons. The molecule has 4 aliphatic carbocycles. The van der Waals surface area contributed by atoms with Gasteiger partial charge in [-0.1, -0.05) is 0 Å². The molecule has 2 aromatic rings. The summed E-state index contributed by atoms with van der Waals surface area (Å²) in [4.78, 5) is 10.5. The van der Waals surface area contributed by atoms with E-state index in [0.29, 0.717) is 11.6 Å². The Hall–Kier alpha value is -2.04. The first-order valence-electron chi connectivity index (χ1n) is 10.2. The average Bonchev–Trinajstić information content (AvgIpc) is 2.66. The van der Waals surface area contributed by atoms with Crippen LogP contribution in [0.4, 0.5) is 20.4 Å². The van der Waals surface area contributed by atoms with Crippen LogP contribution in [-0.4, -0.2) is 16.5 Å². The highest BCUT2D eigenvalue weighted by atomic mass is 19.1. The van der Waals surface area contributed by atoms with Gasteiger partial charge in [0.25, 0.3) is 0 Å². The van der Waals surface area contributed by atoms with Gasteiger partial charge in [-0.05, 0) is 92.4 Å². The van der Waals surface area contributed by atoms with Crippen molar-refractivity contribution >= 4 is 11.6 Å². The zero-order valence-electron chi connectivity index (χ0n) is 15.4. The number of rotatable bonds is 5. The third kappa shape index (κ3) is 3.32. The summed E-state index contributed by atoms with van der Waals surface area (Å²) in [5.41, 5.74) is 0. The van der Waals surface area contributed by atoms with Crippen LogP contribution in [0.15, 0.2) is 36.7 Å². The normalized spacial score (nSPS) is 31.3. The van der Waals surface area contributed by atoms with E-state index in [0.717, 1.165) is 42.6 Å². The van der Waals surface area contributed by atoms with Gasteiger partial charge in [-0.3, -0.25) is 0 Å².